The standard InChI is InChI=1S/C37H34N2O8/c1-37(38-36(43)44-22-25-12-5-2-6-13-25,35(42)45-23-39-30(40)18-11-19-31(39)41)21-28-20-29-32(26-14-7-3-8-15-26)33(34(28)47-24-46-29)27-16-9-4-10-17-27/h2-10,12-17,20H,11,18-19,21-24H2,1H3,(H,38,43)/t37-/m0/s1. The normalized spacial score (nSPS) is 15.1. The number of piperidine rings is 1. The third-order valence-electron chi connectivity index (χ3n) is 8.16. The van der Waals surface area contributed by atoms with Crippen molar-refractivity contribution in [1.82, 2.24) is 10.2 Å². The third kappa shape index (κ3) is 6.96. The number of imide groups is 1. The van der Waals surface area contributed by atoms with Gasteiger partial charge >= 0.3 is 12.1 Å². The molecule has 1 N–H and O–H groups in total. The van der Waals surface area contributed by atoms with Crippen LogP contribution in [-0.4, -0.2) is 47.8 Å². The predicted molar refractivity (Wildman–Crippen MR) is 172 cm³/mol. The molecule has 2 bridgehead atoms. The topological polar surface area (TPSA) is 120 Å². The van der Waals surface area contributed by atoms with Crippen molar-refractivity contribution in [2.24, 2.45) is 0 Å². The molecule has 47 heavy (non-hydrogen) atoms. The highest BCUT2D eigenvalue weighted by molar-refractivity contribution is 5.98. The van der Waals surface area contributed by atoms with Crippen molar-refractivity contribution in [3.05, 3.63) is 108 Å². The molecule has 240 valence electrons. The quantitative estimate of drug-likeness (QED) is 0.166. The molecule has 3 aliphatic rings. The summed E-state index contributed by atoms with van der Waals surface area (Å²) in [5.74, 6) is -0.674. The summed E-state index contributed by atoms with van der Waals surface area (Å²) in [6.07, 6.45) is -0.121. The van der Waals surface area contributed by atoms with Crippen LogP contribution in [0.2, 0.25) is 0 Å². The molecule has 4 aromatic rings. The van der Waals surface area contributed by atoms with Crippen molar-refractivity contribution in [3.8, 4) is 33.8 Å². The third-order valence-corrected chi connectivity index (χ3v) is 8.16. The van der Waals surface area contributed by atoms with Crippen LogP contribution in [0.15, 0.2) is 97.1 Å². The van der Waals surface area contributed by atoms with Crippen molar-refractivity contribution in [3.63, 3.8) is 0 Å². The maximum absolute atomic E-state index is 13.9. The zero-order valence-electron chi connectivity index (χ0n) is 25.9. The van der Waals surface area contributed by atoms with Crippen molar-refractivity contribution in [2.75, 3.05) is 13.5 Å². The fraction of sp³-hybridized carbons (Fsp3) is 0.243. The maximum Gasteiger partial charge on any atom is 0.408 e. The lowest BCUT2D eigenvalue weighted by Gasteiger charge is -2.31. The Morgan fingerprint density at radius 1 is 0.809 bits per heavy atom. The molecule has 1 saturated heterocycles. The molecular formula is C37H34N2O8. The van der Waals surface area contributed by atoms with E-state index in [0.29, 0.717) is 23.5 Å². The second-order valence-corrected chi connectivity index (χ2v) is 11.6. The number of rotatable bonds is 10. The molecule has 0 spiro atoms. The van der Waals surface area contributed by atoms with Gasteiger partial charge in [-0.3, -0.25) is 9.59 Å². The van der Waals surface area contributed by atoms with Gasteiger partial charge in [0, 0.05) is 36.0 Å². The molecule has 1 atom stereocenters. The number of carbonyl (C=O) groups excluding carboxylic acids is 4. The molecule has 3 heterocycles. The van der Waals surface area contributed by atoms with E-state index in [9.17, 15) is 19.2 Å². The summed E-state index contributed by atoms with van der Waals surface area (Å²) in [6.45, 7) is 0.857. The van der Waals surface area contributed by atoms with Gasteiger partial charge in [0.15, 0.2) is 6.73 Å². The zero-order valence-corrected chi connectivity index (χ0v) is 25.9. The molecule has 0 saturated carbocycles. The lowest BCUT2D eigenvalue weighted by Crippen LogP contribution is -2.55. The molecular weight excluding hydrogens is 600 g/mol. The summed E-state index contributed by atoms with van der Waals surface area (Å²) in [7, 11) is 0. The minimum Gasteiger partial charge on any atom is -0.457 e. The Kier molecular flexibility index (Phi) is 9.19. The lowest BCUT2D eigenvalue weighted by molar-refractivity contribution is -0.164. The van der Waals surface area contributed by atoms with Crippen molar-refractivity contribution in [1.29, 1.82) is 0 Å². The fourth-order valence-electron chi connectivity index (χ4n) is 5.79. The van der Waals surface area contributed by atoms with E-state index in [-0.39, 0.29) is 32.7 Å². The van der Waals surface area contributed by atoms with Gasteiger partial charge in [0.05, 0.1) is 0 Å². The van der Waals surface area contributed by atoms with E-state index >= 15 is 0 Å². The number of ether oxygens (including phenoxy) is 4. The molecule has 0 aliphatic carbocycles. The fourth-order valence-corrected chi connectivity index (χ4v) is 5.79. The average molecular weight is 635 g/mol. The minimum atomic E-state index is -1.71. The first-order valence-corrected chi connectivity index (χ1v) is 15.4. The number of amides is 3. The number of nitrogens with one attached hydrogen (secondary N) is 1. The Morgan fingerprint density at radius 2 is 1.40 bits per heavy atom. The first kappa shape index (κ1) is 31.3. The van der Waals surface area contributed by atoms with Crippen LogP contribution in [-0.2, 0) is 36.9 Å². The summed E-state index contributed by atoms with van der Waals surface area (Å²) in [4.78, 5) is 52.8. The number of esters is 1. The smallest absolute Gasteiger partial charge is 0.408 e. The van der Waals surface area contributed by atoms with Crippen LogP contribution in [0.5, 0.6) is 11.5 Å². The van der Waals surface area contributed by atoms with Crippen LogP contribution in [0.1, 0.15) is 37.3 Å². The number of hydrogen-bond donors (Lipinski definition) is 1. The molecule has 1 fully saturated rings. The summed E-state index contributed by atoms with van der Waals surface area (Å²) >= 11 is 0. The van der Waals surface area contributed by atoms with E-state index in [1.807, 2.05) is 91.0 Å². The van der Waals surface area contributed by atoms with Gasteiger partial charge in [-0.15, -0.1) is 0 Å². The van der Waals surface area contributed by atoms with Crippen LogP contribution >= 0.6 is 0 Å². The van der Waals surface area contributed by atoms with Crippen LogP contribution in [0.4, 0.5) is 4.79 Å². The highest BCUT2D eigenvalue weighted by atomic mass is 16.7. The Labute approximate surface area is 272 Å². The molecule has 3 aliphatic heterocycles. The van der Waals surface area contributed by atoms with E-state index in [0.717, 1.165) is 32.7 Å². The minimum absolute atomic E-state index is 0.0230. The van der Waals surface area contributed by atoms with Gasteiger partial charge in [-0.05, 0) is 36.1 Å². The van der Waals surface area contributed by atoms with E-state index < -0.39 is 36.1 Å². The summed E-state index contributed by atoms with van der Waals surface area (Å²) in [5, 5.41) is 2.70. The van der Waals surface area contributed by atoms with E-state index in [2.05, 4.69) is 5.32 Å². The first-order valence-electron chi connectivity index (χ1n) is 15.4. The van der Waals surface area contributed by atoms with Gasteiger partial charge in [0.25, 0.3) is 0 Å². The molecule has 3 amide bonds. The number of fused-ring (bicyclic) bond motifs is 4. The largest absolute Gasteiger partial charge is 0.457 e. The number of nitrogens with zero attached hydrogens (tertiary/aromatic N) is 1. The number of hydrogen-bond acceptors (Lipinski definition) is 8. The summed E-state index contributed by atoms with van der Waals surface area (Å²) < 4.78 is 23.3. The van der Waals surface area contributed by atoms with Gasteiger partial charge in [0.1, 0.15) is 23.6 Å². The Morgan fingerprint density at radius 3 is 2.04 bits per heavy atom. The number of carbonyl (C=O) groups is 4. The number of likely N-dealkylation sites (tertiary alicyclic amines) is 1. The second-order valence-electron chi connectivity index (χ2n) is 11.6. The highest BCUT2D eigenvalue weighted by Gasteiger charge is 2.41. The maximum atomic E-state index is 13.9. The lowest BCUT2D eigenvalue weighted by atomic mass is 9.86. The average Bonchev–Trinajstić information content (AvgIpc) is 3.40. The van der Waals surface area contributed by atoms with Gasteiger partial charge < -0.3 is 24.3 Å². The Bertz CT molecular complexity index is 1760. The van der Waals surface area contributed by atoms with Crippen molar-refractivity contribution >= 4 is 23.9 Å². The van der Waals surface area contributed by atoms with E-state index in [1.54, 1.807) is 6.07 Å². The number of benzene rings is 4. The molecule has 10 nitrogen and oxygen atoms in total. The van der Waals surface area contributed by atoms with Crippen molar-refractivity contribution < 1.29 is 38.1 Å². The van der Waals surface area contributed by atoms with Crippen LogP contribution in [0.25, 0.3) is 22.3 Å². The van der Waals surface area contributed by atoms with Gasteiger partial charge in [-0.1, -0.05) is 91.0 Å². The molecule has 4 aromatic carbocycles. The molecule has 0 aromatic heterocycles. The van der Waals surface area contributed by atoms with Crippen molar-refractivity contribution in [2.45, 2.75) is 44.8 Å². The number of alkyl carbamates (subject to hydrolysis) is 1. The zero-order chi connectivity index (χ0) is 32.8. The SMILES string of the molecule is C[C@@](Cc1cc2c(-c3ccccc3)c(-c3ccccc3)c1OCO2)(NC(=O)OCc1ccccc1)C(=O)OCN1C(=O)CCCC1=O. The van der Waals surface area contributed by atoms with Crippen LogP contribution < -0.4 is 14.8 Å². The van der Waals surface area contributed by atoms with Gasteiger partial charge in [-0.25, -0.2) is 14.5 Å². The van der Waals surface area contributed by atoms with Gasteiger partial charge in [-0.2, -0.15) is 0 Å². The molecule has 0 radical (unpaired) electrons. The molecule has 0 unspecified atom stereocenters. The Balaban J connectivity index is 1.36. The highest BCUT2D eigenvalue weighted by Crippen LogP contribution is 2.49. The van der Waals surface area contributed by atoms with Gasteiger partial charge in [0.2, 0.25) is 18.6 Å². The molecule has 10 heteroatoms. The first-order chi connectivity index (χ1) is 22.8. The van der Waals surface area contributed by atoms with E-state index in [1.165, 1.54) is 6.92 Å². The van der Waals surface area contributed by atoms with Crippen LogP contribution in [0, 0.1) is 0 Å². The summed E-state index contributed by atoms with van der Waals surface area (Å²) in [6, 6.07) is 30.4. The second kappa shape index (κ2) is 13.8. The summed E-state index contributed by atoms with van der Waals surface area (Å²) in [5.41, 5.74) is 3.02. The monoisotopic (exact) mass is 634 g/mol. The Hall–Kier alpha value is -5.64. The van der Waals surface area contributed by atoms with E-state index in [4.69, 9.17) is 18.9 Å². The predicted octanol–water partition coefficient (Wildman–Crippen LogP) is 6.02. The van der Waals surface area contributed by atoms with Crippen LogP contribution in [0.3, 0.4) is 0 Å². The molecule has 7 rings (SSSR count).